The maximum Gasteiger partial charge on any atom is 0.159 e. The highest BCUT2D eigenvalue weighted by Crippen LogP contribution is 2.15. The first-order chi connectivity index (χ1) is 5.83. The van der Waals surface area contributed by atoms with Gasteiger partial charge in [0.1, 0.15) is 5.03 Å². The van der Waals surface area contributed by atoms with E-state index < -0.39 is 0 Å². The molecule has 0 aromatic carbocycles. The van der Waals surface area contributed by atoms with Crippen LogP contribution in [0.3, 0.4) is 0 Å². The van der Waals surface area contributed by atoms with Crippen molar-refractivity contribution < 1.29 is 0 Å². The van der Waals surface area contributed by atoms with E-state index in [1.165, 1.54) is 0 Å². The van der Waals surface area contributed by atoms with Crippen molar-refractivity contribution in [1.29, 1.82) is 0 Å². The number of thioether (sulfide) groups is 1. The van der Waals surface area contributed by atoms with Crippen LogP contribution in [0.1, 0.15) is 5.56 Å². The summed E-state index contributed by atoms with van der Waals surface area (Å²) < 4.78 is 1.86. The fraction of sp³-hybridized carbons (Fsp3) is 0.250. The van der Waals surface area contributed by atoms with E-state index >= 15 is 0 Å². The molecular weight excluding hydrogens is 170 g/mol. The average Bonchev–Trinajstić information content (AvgIpc) is 2.48. The number of aryl methyl sites for hydroxylation is 1. The Morgan fingerprint density at radius 3 is 3.08 bits per heavy atom. The van der Waals surface area contributed by atoms with Gasteiger partial charge in [-0.1, -0.05) is 0 Å². The Morgan fingerprint density at radius 1 is 1.50 bits per heavy atom. The molecule has 62 valence electrons. The van der Waals surface area contributed by atoms with Gasteiger partial charge in [-0.2, -0.15) is 5.10 Å². The maximum atomic E-state index is 4.24. The highest BCUT2D eigenvalue weighted by atomic mass is 32.2. The summed E-state index contributed by atoms with van der Waals surface area (Å²) in [7, 11) is 0. The molecule has 4 heteroatoms. The molecule has 2 aromatic heterocycles. The Kier molecular flexibility index (Phi) is 1.77. The second-order valence-corrected chi connectivity index (χ2v) is 3.38. The van der Waals surface area contributed by atoms with Gasteiger partial charge in [0.05, 0.1) is 6.20 Å². The van der Waals surface area contributed by atoms with Gasteiger partial charge in [0, 0.05) is 11.8 Å². The second kappa shape index (κ2) is 2.79. The Balaban J connectivity index is 2.81. The van der Waals surface area contributed by atoms with Crippen LogP contribution in [0.5, 0.6) is 0 Å². The summed E-state index contributed by atoms with van der Waals surface area (Å²) in [6, 6.07) is 1.96. The Bertz CT molecular complexity index is 408. The highest BCUT2D eigenvalue weighted by Gasteiger charge is 2.02. The Hall–Kier alpha value is -1.03. The fourth-order valence-corrected chi connectivity index (χ4v) is 1.64. The molecule has 2 heterocycles. The van der Waals surface area contributed by atoms with Crippen LogP contribution >= 0.6 is 11.8 Å². The van der Waals surface area contributed by atoms with Gasteiger partial charge in [0.25, 0.3) is 0 Å². The lowest BCUT2D eigenvalue weighted by Crippen LogP contribution is -1.92. The summed E-state index contributed by atoms with van der Waals surface area (Å²) in [4.78, 5) is 4.24. The number of hydrogen-bond donors (Lipinski definition) is 0. The summed E-state index contributed by atoms with van der Waals surface area (Å²) in [5.41, 5.74) is 2.06. The first-order valence-electron chi connectivity index (χ1n) is 3.66. The lowest BCUT2D eigenvalue weighted by molar-refractivity contribution is 0.844. The van der Waals surface area contributed by atoms with Gasteiger partial charge in [-0.3, -0.25) is 0 Å². The van der Waals surface area contributed by atoms with Gasteiger partial charge in [-0.25, -0.2) is 9.50 Å². The molecule has 0 aliphatic rings. The molecule has 3 nitrogen and oxygen atoms in total. The van der Waals surface area contributed by atoms with Gasteiger partial charge in [-0.15, -0.1) is 11.8 Å². The molecule has 0 radical (unpaired) electrons. The first-order valence-corrected chi connectivity index (χ1v) is 4.89. The van der Waals surface area contributed by atoms with Crippen molar-refractivity contribution in [3.8, 4) is 0 Å². The number of aromatic nitrogens is 3. The summed E-state index contributed by atoms with van der Waals surface area (Å²) in [6.07, 6.45) is 5.68. The van der Waals surface area contributed by atoms with Gasteiger partial charge in [-0.05, 0) is 19.2 Å². The molecule has 2 aromatic rings. The largest absolute Gasteiger partial charge is 0.237 e. The van der Waals surface area contributed by atoms with Gasteiger partial charge < -0.3 is 0 Å². The number of rotatable bonds is 1. The van der Waals surface area contributed by atoms with Crippen LogP contribution in [0.25, 0.3) is 5.65 Å². The molecule has 0 atom stereocenters. The molecule has 12 heavy (non-hydrogen) atoms. The smallest absolute Gasteiger partial charge is 0.159 e. The van der Waals surface area contributed by atoms with Crippen LogP contribution in [-0.2, 0) is 0 Å². The third kappa shape index (κ3) is 0.992. The van der Waals surface area contributed by atoms with Gasteiger partial charge >= 0.3 is 0 Å². The zero-order valence-corrected chi connectivity index (χ0v) is 7.80. The topological polar surface area (TPSA) is 30.2 Å². The van der Waals surface area contributed by atoms with Crippen LogP contribution in [0.2, 0.25) is 0 Å². The molecule has 2 rings (SSSR count). The quantitative estimate of drug-likeness (QED) is 0.493. The van der Waals surface area contributed by atoms with E-state index in [2.05, 4.69) is 10.1 Å². The number of nitrogens with zero attached hydrogens (tertiary/aromatic N) is 3. The van der Waals surface area contributed by atoms with Gasteiger partial charge in [0.2, 0.25) is 0 Å². The number of fused-ring (bicyclic) bond motifs is 1. The lowest BCUT2D eigenvalue weighted by atomic mass is 10.4. The van der Waals surface area contributed by atoms with E-state index in [0.29, 0.717) is 0 Å². The van der Waals surface area contributed by atoms with E-state index in [0.717, 1.165) is 16.2 Å². The molecule has 0 bridgehead atoms. The molecule has 0 saturated heterocycles. The highest BCUT2D eigenvalue weighted by molar-refractivity contribution is 7.98. The van der Waals surface area contributed by atoms with Crippen molar-refractivity contribution in [1.82, 2.24) is 14.6 Å². The minimum absolute atomic E-state index is 0.946. The molecule has 0 unspecified atom stereocenters. The van der Waals surface area contributed by atoms with E-state index in [9.17, 15) is 0 Å². The van der Waals surface area contributed by atoms with Crippen molar-refractivity contribution >= 4 is 17.4 Å². The molecule has 0 N–H and O–H groups in total. The zero-order valence-electron chi connectivity index (χ0n) is 6.98. The molecule has 0 aliphatic heterocycles. The molecule has 0 fully saturated rings. The third-order valence-corrected chi connectivity index (χ3v) is 2.48. The molecular formula is C8H9N3S. The van der Waals surface area contributed by atoms with Crippen LogP contribution in [0, 0.1) is 6.92 Å². The standard InChI is InChI=1S/C8H9N3S/c1-6-5-10-11-7(12-2)3-4-9-8(6)11/h3-5H,1-2H3. The predicted octanol–water partition coefficient (Wildman–Crippen LogP) is 1.76. The van der Waals surface area contributed by atoms with Crippen LogP contribution in [0.15, 0.2) is 23.5 Å². The number of hydrogen-bond acceptors (Lipinski definition) is 3. The van der Waals surface area contributed by atoms with E-state index in [1.54, 1.807) is 11.8 Å². The van der Waals surface area contributed by atoms with Crippen molar-refractivity contribution in [3.63, 3.8) is 0 Å². The minimum Gasteiger partial charge on any atom is -0.237 e. The van der Waals surface area contributed by atoms with Crippen LogP contribution < -0.4 is 0 Å². The third-order valence-electron chi connectivity index (χ3n) is 1.75. The summed E-state index contributed by atoms with van der Waals surface area (Å²) in [5.74, 6) is 0. The molecule has 0 amide bonds. The first kappa shape index (κ1) is 7.61. The van der Waals surface area contributed by atoms with Crippen molar-refractivity contribution in [2.75, 3.05) is 6.26 Å². The second-order valence-electron chi connectivity index (χ2n) is 2.55. The summed E-state index contributed by atoms with van der Waals surface area (Å²) in [6.45, 7) is 2.01. The SMILES string of the molecule is CSc1ccnc2c(C)cnn12. The monoisotopic (exact) mass is 179 g/mol. The molecule has 0 aliphatic carbocycles. The lowest BCUT2D eigenvalue weighted by Gasteiger charge is -1.98. The zero-order chi connectivity index (χ0) is 8.55. The normalized spacial score (nSPS) is 10.8. The molecule has 0 spiro atoms. The van der Waals surface area contributed by atoms with E-state index in [1.807, 2.05) is 36.2 Å². The Morgan fingerprint density at radius 2 is 2.33 bits per heavy atom. The fourth-order valence-electron chi connectivity index (χ4n) is 1.14. The van der Waals surface area contributed by atoms with Crippen LogP contribution in [-0.4, -0.2) is 20.9 Å². The average molecular weight is 179 g/mol. The van der Waals surface area contributed by atoms with Crippen molar-refractivity contribution in [2.24, 2.45) is 0 Å². The van der Waals surface area contributed by atoms with Crippen molar-refractivity contribution in [3.05, 3.63) is 24.0 Å². The summed E-state index contributed by atoms with van der Waals surface area (Å²) in [5, 5.41) is 5.34. The predicted molar refractivity (Wildman–Crippen MR) is 49.5 cm³/mol. The van der Waals surface area contributed by atoms with Crippen molar-refractivity contribution in [2.45, 2.75) is 11.9 Å². The molecule has 0 saturated carbocycles. The van der Waals surface area contributed by atoms with E-state index in [4.69, 9.17) is 0 Å². The van der Waals surface area contributed by atoms with Gasteiger partial charge in [0.15, 0.2) is 5.65 Å². The summed E-state index contributed by atoms with van der Waals surface area (Å²) >= 11 is 1.67. The minimum atomic E-state index is 0.946. The maximum absolute atomic E-state index is 4.24. The Labute approximate surface area is 74.8 Å². The van der Waals surface area contributed by atoms with Crippen LogP contribution in [0.4, 0.5) is 0 Å². The van der Waals surface area contributed by atoms with E-state index in [-0.39, 0.29) is 0 Å².